The Hall–Kier alpha value is -3.87. The fourth-order valence-electron chi connectivity index (χ4n) is 3.89. The van der Waals surface area contributed by atoms with Gasteiger partial charge in [-0.15, -0.1) is 0 Å². The second kappa shape index (κ2) is 7.87. The minimum absolute atomic E-state index is 0.562. The highest BCUT2D eigenvalue weighted by molar-refractivity contribution is 5.94. The van der Waals surface area contributed by atoms with Gasteiger partial charge in [-0.3, -0.25) is 4.98 Å². The molecule has 7 nitrogen and oxygen atoms in total. The molecule has 3 N–H and O–H groups in total. The van der Waals surface area contributed by atoms with Gasteiger partial charge in [0.2, 0.25) is 0 Å². The highest BCUT2D eigenvalue weighted by Gasteiger charge is 2.21. The highest BCUT2D eigenvalue weighted by atomic mass is 15.3. The van der Waals surface area contributed by atoms with Crippen LogP contribution in [0.5, 0.6) is 0 Å². The third-order valence-corrected chi connectivity index (χ3v) is 5.46. The predicted molar refractivity (Wildman–Crippen MR) is 122 cm³/mol. The first-order valence-corrected chi connectivity index (χ1v) is 10.1. The molecule has 0 radical (unpaired) electrons. The summed E-state index contributed by atoms with van der Waals surface area (Å²) in [6, 6.07) is 20.4. The van der Waals surface area contributed by atoms with Crippen LogP contribution in [0.1, 0.15) is 0 Å². The SMILES string of the molecule is Nc1c(Nc2cccc3ncccc23)ncnc1N1CCN(c2ccccc2)CC1. The summed E-state index contributed by atoms with van der Waals surface area (Å²) in [4.78, 5) is 17.9. The molecule has 3 heterocycles. The van der Waals surface area contributed by atoms with Crippen LogP contribution in [0.2, 0.25) is 0 Å². The largest absolute Gasteiger partial charge is 0.393 e. The van der Waals surface area contributed by atoms with Crippen molar-refractivity contribution in [2.75, 3.05) is 47.0 Å². The molecule has 30 heavy (non-hydrogen) atoms. The van der Waals surface area contributed by atoms with Crippen molar-refractivity contribution in [1.82, 2.24) is 15.0 Å². The van der Waals surface area contributed by atoms with Crippen molar-refractivity contribution in [1.29, 1.82) is 0 Å². The van der Waals surface area contributed by atoms with Gasteiger partial charge in [0.15, 0.2) is 11.6 Å². The van der Waals surface area contributed by atoms with Crippen LogP contribution in [0.25, 0.3) is 10.9 Å². The summed E-state index contributed by atoms with van der Waals surface area (Å²) in [5.41, 5.74) is 10.2. The monoisotopic (exact) mass is 397 g/mol. The number of anilines is 5. The van der Waals surface area contributed by atoms with Crippen LogP contribution in [0.4, 0.5) is 28.7 Å². The molecule has 2 aromatic heterocycles. The number of nitrogens with two attached hydrogens (primary N) is 1. The standard InChI is InChI=1S/C23H23N7/c24-21-22(28-20-10-4-9-19-18(20)8-5-11-25-19)26-16-27-23(21)30-14-12-29(13-15-30)17-6-2-1-3-7-17/h1-11,16H,12-15,24H2,(H,26,27,28). The Kier molecular flexibility index (Phi) is 4.77. The van der Waals surface area contributed by atoms with Gasteiger partial charge in [-0.05, 0) is 36.4 Å². The molecular formula is C23H23N7. The zero-order chi connectivity index (χ0) is 20.3. The van der Waals surface area contributed by atoms with E-state index in [1.165, 1.54) is 5.69 Å². The van der Waals surface area contributed by atoms with Crippen LogP contribution in [0.15, 0.2) is 73.2 Å². The molecule has 0 saturated carbocycles. The number of piperazine rings is 1. The van der Waals surface area contributed by atoms with Crippen LogP contribution < -0.4 is 20.9 Å². The molecule has 7 heteroatoms. The number of para-hydroxylation sites is 1. The molecule has 1 aliphatic rings. The zero-order valence-corrected chi connectivity index (χ0v) is 16.6. The Morgan fingerprint density at radius 2 is 1.57 bits per heavy atom. The van der Waals surface area contributed by atoms with Crippen molar-refractivity contribution >= 4 is 39.6 Å². The Morgan fingerprint density at radius 1 is 0.767 bits per heavy atom. The number of hydrogen-bond acceptors (Lipinski definition) is 7. The van der Waals surface area contributed by atoms with Crippen molar-refractivity contribution in [2.24, 2.45) is 0 Å². The average Bonchev–Trinajstić information content (AvgIpc) is 2.81. The summed E-state index contributed by atoms with van der Waals surface area (Å²) in [5, 5.41) is 4.40. The van der Waals surface area contributed by atoms with Crippen LogP contribution in [0, 0.1) is 0 Å². The number of nitrogens with one attached hydrogen (secondary N) is 1. The van der Waals surface area contributed by atoms with Crippen molar-refractivity contribution in [3.05, 3.63) is 73.2 Å². The summed E-state index contributed by atoms with van der Waals surface area (Å²) in [5.74, 6) is 1.39. The molecule has 1 saturated heterocycles. The van der Waals surface area contributed by atoms with E-state index in [-0.39, 0.29) is 0 Å². The van der Waals surface area contributed by atoms with Gasteiger partial charge in [0.05, 0.1) is 5.52 Å². The normalized spacial score (nSPS) is 14.1. The van der Waals surface area contributed by atoms with Crippen LogP contribution >= 0.6 is 0 Å². The number of fused-ring (bicyclic) bond motifs is 1. The maximum absolute atomic E-state index is 6.49. The molecular weight excluding hydrogens is 374 g/mol. The van der Waals surface area contributed by atoms with Crippen molar-refractivity contribution in [3.8, 4) is 0 Å². The van der Waals surface area contributed by atoms with Gasteiger partial charge in [0.25, 0.3) is 0 Å². The molecule has 0 aliphatic carbocycles. The summed E-state index contributed by atoms with van der Waals surface area (Å²) in [6.45, 7) is 3.55. The smallest absolute Gasteiger partial charge is 0.159 e. The maximum atomic E-state index is 6.49. The van der Waals surface area contributed by atoms with E-state index in [2.05, 4.69) is 54.3 Å². The van der Waals surface area contributed by atoms with Crippen LogP contribution in [-0.2, 0) is 0 Å². The maximum Gasteiger partial charge on any atom is 0.159 e. The van der Waals surface area contributed by atoms with Gasteiger partial charge in [-0.1, -0.05) is 24.3 Å². The molecule has 0 atom stereocenters. The summed E-state index contributed by atoms with van der Waals surface area (Å²) >= 11 is 0. The van der Waals surface area contributed by atoms with Crippen LogP contribution in [0.3, 0.4) is 0 Å². The van der Waals surface area contributed by atoms with E-state index in [1.54, 1.807) is 12.5 Å². The topological polar surface area (TPSA) is 83.2 Å². The minimum Gasteiger partial charge on any atom is -0.393 e. The molecule has 5 rings (SSSR count). The summed E-state index contributed by atoms with van der Waals surface area (Å²) in [7, 11) is 0. The van der Waals surface area contributed by atoms with Crippen molar-refractivity contribution in [2.45, 2.75) is 0 Å². The summed E-state index contributed by atoms with van der Waals surface area (Å²) < 4.78 is 0. The Bertz CT molecular complexity index is 1150. The Morgan fingerprint density at radius 3 is 2.40 bits per heavy atom. The van der Waals surface area contributed by atoms with Crippen molar-refractivity contribution < 1.29 is 0 Å². The first kappa shape index (κ1) is 18.2. The van der Waals surface area contributed by atoms with Gasteiger partial charge in [0.1, 0.15) is 12.0 Å². The van der Waals surface area contributed by atoms with Crippen molar-refractivity contribution in [3.63, 3.8) is 0 Å². The number of nitrogen functional groups attached to an aromatic ring is 1. The quantitative estimate of drug-likeness (QED) is 0.543. The molecule has 1 fully saturated rings. The Labute approximate surface area is 175 Å². The molecule has 2 aromatic carbocycles. The third kappa shape index (κ3) is 3.45. The zero-order valence-electron chi connectivity index (χ0n) is 16.6. The fourth-order valence-corrected chi connectivity index (χ4v) is 3.89. The first-order valence-electron chi connectivity index (χ1n) is 10.1. The number of benzene rings is 2. The Balaban J connectivity index is 1.36. The molecule has 150 valence electrons. The number of aromatic nitrogens is 3. The van der Waals surface area contributed by atoms with Gasteiger partial charge in [-0.2, -0.15) is 0 Å². The van der Waals surface area contributed by atoms with E-state index in [4.69, 9.17) is 5.73 Å². The fraction of sp³-hybridized carbons (Fsp3) is 0.174. The van der Waals surface area contributed by atoms with E-state index in [0.717, 1.165) is 48.6 Å². The highest BCUT2D eigenvalue weighted by Crippen LogP contribution is 2.31. The molecule has 0 spiro atoms. The summed E-state index contributed by atoms with van der Waals surface area (Å²) in [6.07, 6.45) is 3.36. The lowest BCUT2D eigenvalue weighted by molar-refractivity contribution is 0.647. The van der Waals surface area contributed by atoms with E-state index >= 15 is 0 Å². The van der Waals surface area contributed by atoms with E-state index in [1.807, 2.05) is 36.4 Å². The second-order valence-corrected chi connectivity index (χ2v) is 7.27. The lowest BCUT2D eigenvalue weighted by Gasteiger charge is -2.37. The molecule has 0 amide bonds. The lowest BCUT2D eigenvalue weighted by atomic mass is 10.2. The van der Waals surface area contributed by atoms with E-state index in [9.17, 15) is 0 Å². The lowest BCUT2D eigenvalue weighted by Crippen LogP contribution is -2.47. The average molecular weight is 397 g/mol. The van der Waals surface area contributed by atoms with Crippen LogP contribution in [-0.4, -0.2) is 41.1 Å². The molecule has 4 aromatic rings. The second-order valence-electron chi connectivity index (χ2n) is 7.27. The van der Waals surface area contributed by atoms with E-state index < -0.39 is 0 Å². The number of pyridine rings is 1. The molecule has 1 aliphatic heterocycles. The molecule has 0 bridgehead atoms. The number of nitrogens with zero attached hydrogens (tertiary/aromatic N) is 5. The third-order valence-electron chi connectivity index (χ3n) is 5.46. The first-order chi connectivity index (χ1) is 14.8. The predicted octanol–water partition coefficient (Wildman–Crippen LogP) is 3.68. The number of hydrogen-bond donors (Lipinski definition) is 2. The minimum atomic E-state index is 0.562. The molecule has 0 unspecified atom stereocenters. The van der Waals surface area contributed by atoms with Gasteiger partial charge >= 0.3 is 0 Å². The number of rotatable bonds is 4. The van der Waals surface area contributed by atoms with Gasteiger partial charge in [-0.25, -0.2) is 9.97 Å². The van der Waals surface area contributed by atoms with Gasteiger partial charge in [0, 0.05) is 49.1 Å². The van der Waals surface area contributed by atoms with Gasteiger partial charge < -0.3 is 20.9 Å². The van der Waals surface area contributed by atoms with E-state index in [0.29, 0.717) is 11.5 Å².